The highest BCUT2D eigenvalue weighted by Crippen LogP contribution is 2.41. The summed E-state index contributed by atoms with van der Waals surface area (Å²) in [6.45, 7) is 0.411. The van der Waals surface area contributed by atoms with Crippen LogP contribution in [0.4, 0.5) is 10.2 Å². The molecule has 0 saturated heterocycles. The molecular formula is C20H22FIN6O2S2. The normalized spacial score (nSPS) is 18.4. The predicted molar refractivity (Wildman–Crippen MR) is 130 cm³/mol. The Morgan fingerprint density at radius 3 is 2.88 bits per heavy atom. The minimum Gasteiger partial charge on any atom is -0.382 e. The summed E-state index contributed by atoms with van der Waals surface area (Å²) < 4.78 is 44.4. The number of benzene rings is 1. The van der Waals surface area contributed by atoms with Crippen molar-refractivity contribution >= 4 is 61.4 Å². The Kier molecular flexibility index (Phi) is 6.05. The first kappa shape index (κ1) is 22.3. The number of rotatable bonds is 8. The lowest BCUT2D eigenvalue weighted by atomic mass is 10.1. The second kappa shape index (κ2) is 8.69. The van der Waals surface area contributed by atoms with Gasteiger partial charge in [-0.15, -0.1) is 0 Å². The van der Waals surface area contributed by atoms with E-state index in [2.05, 4.69) is 42.3 Å². The number of hydrogen-bond acceptors (Lipinski definition) is 7. The van der Waals surface area contributed by atoms with Gasteiger partial charge in [-0.25, -0.2) is 32.5 Å². The lowest BCUT2D eigenvalue weighted by Gasteiger charge is -2.11. The van der Waals surface area contributed by atoms with Crippen LogP contribution in [0.5, 0.6) is 0 Å². The van der Waals surface area contributed by atoms with Crippen molar-refractivity contribution in [3.63, 3.8) is 0 Å². The molecule has 0 bridgehead atoms. The number of alkyl halides is 1. The van der Waals surface area contributed by atoms with Gasteiger partial charge in [-0.05, 0) is 78.0 Å². The number of sulfonamides is 1. The number of imidazole rings is 1. The second-order valence-electron chi connectivity index (χ2n) is 8.13. The molecule has 2 heterocycles. The van der Waals surface area contributed by atoms with Gasteiger partial charge < -0.3 is 10.3 Å². The smallest absolute Gasteiger partial charge is 0.211 e. The molecule has 1 unspecified atom stereocenters. The highest BCUT2D eigenvalue weighted by molar-refractivity contribution is 14.1. The number of hydrogen-bond donors (Lipinski definition) is 2. The largest absolute Gasteiger partial charge is 0.382 e. The molecule has 0 spiro atoms. The minimum absolute atomic E-state index is 0.0216. The Morgan fingerprint density at radius 1 is 1.28 bits per heavy atom. The number of nitrogens with zero attached hydrogens (tertiary/aromatic N) is 4. The van der Waals surface area contributed by atoms with Gasteiger partial charge in [-0.2, -0.15) is 0 Å². The average molecular weight is 588 g/mol. The van der Waals surface area contributed by atoms with Gasteiger partial charge in [-0.3, -0.25) is 0 Å². The molecule has 3 aromatic rings. The number of halogens is 2. The molecule has 170 valence electrons. The highest BCUT2D eigenvalue weighted by Gasteiger charge is 2.27. The van der Waals surface area contributed by atoms with E-state index in [-0.39, 0.29) is 17.6 Å². The average Bonchev–Trinajstić information content (AvgIpc) is 3.37. The van der Waals surface area contributed by atoms with E-state index in [1.807, 2.05) is 16.7 Å². The van der Waals surface area contributed by atoms with Crippen LogP contribution in [0.15, 0.2) is 28.5 Å². The van der Waals surface area contributed by atoms with Crippen LogP contribution in [-0.2, 0) is 23.0 Å². The number of aromatic nitrogens is 4. The Bertz CT molecular complexity index is 1290. The second-order valence-corrected chi connectivity index (χ2v) is 12.2. The standard InChI is InChI=1S/C20H22FIN6O2S2/c21-14-5-2-11-8-15(22)16(9-13(11)14)31-20-26-17-18(23)24-10-25-19(17)28(20)6-1-7-32(29,30)27-12-3-4-12/h8-10,12,14,27H,1-7H2,(H2,23,24,25). The molecule has 3 N–H and O–H groups in total. The Morgan fingerprint density at radius 2 is 2.09 bits per heavy atom. The van der Waals surface area contributed by atoms with E-state index >= 15 is 0 Å². The van der Waals surface area contributed by atoms with Crippen molar-refractivity contribution in [3.05, 3.63) is 33.2 Å². The third-order valence-corrected chi connectivity index (χ3v) is 9.47. The van der Waals surface area contributed by atoms with E-state index in [4.69, 9.17) is 5.73 Å². The molecule has 5 rings (SSSR count). The summed E-state index contributed by atoms with van der Waals surface area (Å²) in [4.78, 5) is 13.9. The zero-order valence-electron chi connectivity index (χ0n) is 17.1. The fourth-order valence-electron chi connectivity index (χ4n) is 3.87. The fourth-order valence-corrected chi connectivity index (χ4v) is 7.07. The molecule has 0 aliphatic heterocycles. The van der Waals surface area contributed by atoms with E-state index in [9.17, 15) is 12.8 Å². The van der Waals surface area contributed by atoms with Gasteiger partial charge in [0.15, 0.2) is 22.1 Å². The summed E-state index contributed by atoms with van der Waals surface area (Å²) >= 11 is 3.67. The first-order valence-electron chi connectivity index (χ1n) is 10.4. The molecule has 1 fully saturated rings. The van der Waals surface area contributed by atoms with Crippen LogP contribution in [0.1, 0.15) is 43.0 Å². The number of aryl methyl sites for hydroxylation is 2. The van der Waals surface area contributed by atoms with Crippen LogP contribution < -0.4 is 10.5 Å². The number of nitrogens with two attached hydrogens (primary N) is 1. The van der Waals surface area contributed by atoms with Crippen molar-refractivity contribution in [2.45, 2.75) is 60.9 Å². The zero-order chi connectivity index (χ0) is 22.5. The lowest BCUT2D eigenvalue weighted by molar-refractivity contribution is 0.343. The third kappa shape index (κ3) is 4.59. The SMILES string of the molecule is Nc1ncnc2c1nc(Sc1cc3c(cc1I)CCC3F)n2CCCS(=O)(=O)NC1CC1. The van der Waals surface area contributed by atoms with Crippen molar-refractivity contribution in [2.75, 3.05) is 11.5 Å². The summed E-state index contributed by atoms with van der Waals surface area (Å²) in [6, 6.07) is 4.03. The number of nitrogen functional groups attached to an aromatic ring is 1. The molecular weight excluding hydrogens is 566 g/mol. The van der Waals surface area contributed by atoms with Crippen molar-refractivity contribution in [1.82, 2.24) is 24.2 Å². The van der Waals surface area contributed by atoms with Gasteiger partial charge in [0.25, 0.3) is 0 Å². The van der Waals surface area contributed by atoms with Crippen LogP contribution in [0, 0.1) is 3.57 Å². The van der Waals surface area contributed by atoms with Crippen LogP contribution >= 0.6 is 34.4 Å². The number of anilines is 1. The fraction of sp³-hybridized carbons (Fsp3) is 0.450. The molecule has 1 atom stereocenters. The number of nitrogens with one attached hydrogen (secondary N) is 1. The van der Waals surface area contributed by atoms with Crippen molar-refractivity contribution in [1.29, 1.82) is 0 Å². The van der Waals surface area contributed by atoms with E-state index in [0.717, 1.165) is 38.9 Å². The van der Waals surface area contributed by atoms with Crippen molar-refractivity contribution in [2.24, 2.45) is 0 Å². The molecule has 2 aliphatic carbocycles. The topological polar surface area (TPSA) is 116 Å². The third-order valence-electron chi connectivity index (χ3n) is 5.64. The highest BCUT2D eigenvalue weighted by atomic mass is 127. The summed E-state index contributed by atoms with van der Waals surface area (Å²) in [5.41, 5.74) is 8.86. The van der Waals surface area contributed by atoms with Gasteiger partial charge in [-0.1, -0.05) is 11.8 Å². The maximum Gasteiger partial charge on any atom is 0.211 e. The maximum atomic E-state index is 14.3. The Balaban J connectivity index is 1.44. The van der Waals surface area contributed by atoms with E-state index in [0.29, 0.717) is 35.7 Å². The van der Waals surface area contributed by atoms with Crippen molar-refractivity contribution in [3.8, 4) is 0 Å². The lowest BCUT2D eigenvalue weighted by Crippen LogP contribution is -2.28. The monoisotopic (exact) mass is 588 g/mol. The van der Waals surface area contributed by atoms with Gasteiger partial charge in [0.2, 0.25) is 10.0 Å². The quantitative estimate of drug-likeness (QED) is 0.387. The molecule has 8 nitrogen and oxygen atoms in total. The predicted octanol–water partition coefficient (Wildman–Crippen LogP) is 3.59. The first-order chi connectivity index (χ1) is 15.3. The van der Waals surface area contributed by atoms with Gasteiger partial charge >= 0.3 is 0 Å². The molecule has 0 radical (unpaired) electrons. The summed E-state index contributed by atoms with van der Waals surface area (Å²) in [5.74, 6) is 0.291. The van der Waals surface area contributed by atoms with Crippen molar-refractivity contribution < 1.29 is 12.8 Å². The molecule has 1 aromatic carbocycles. The Hall–Kier alpha value is -1.51. The van der Waals surface area contributed by atoms with Crippen LogP contribution in [-0.4, -0.2) is 39.7 Å². The van der Waals surface area contributed by atoms with Crippen LogP contribution in [0.3, 0.4) is 0 Å². The van der Waals surface area contributed by atoms with E-state index < -0.39 is 16.2 Å². The molecule has 0 amide bonds. The van der Waals surface area contributed by atoms with Crippen LogP contribution in [0.2, 0.25) is 0 Å². The van der Waals surface area contributed by atoms with Gasteiger partial charge in [0, 0.05) is 21.1 Å². The van der Waals surface area contributed by atoms with Crippen LogP contribution in [0.25, 0.3) is 11.2 Å². The maximum absolute atomic E-state index is 14.3. The van der Waals surface area contributed by atoms with Gasteiger partial charge in [0.1, 0.15) is 12.5 Å². The Labute approximate surface area is 203 Å². The molecule has 32 heavy (non-hydrogen) atoms. The van der Waals surface area contributed by atoms with E-state index in [1.54, 1.807) is 0 Å². The summed E-state index contributed by atoms with van der Waals surface area (Å²) in [7, 11) is -3.32. The van der Waals surface area contributed by atoms with E-state index in [1.165, 1.54) is 18.1 Å². The summed E-state index contributed by atoms with van der Waals surface area (Å²) in [5, 5.41) is 0.631. The molecule has 1 saturated carbocycles. The number of fused-ring (bicyclic) bond motifs is 2. The molecule has 2 aliphatic rings. The summed E-state index contributed by atoms with van der Waals surface area (Å²) in [6.07, 6.45) is 3.93. The zero-order valence-corrected chi connectivity index (χ0v) is 20.9. The minimum atomic E-state index is -3.32. The first-order valence-corrected chi connectivity index (χ1v) is 14.0. The molecule has 12 heteroatoms. The molecule has 2 aromatic heterocycles. The van der Waals surface area contributed by atoms with Gasteiger partial charge in [0.05, 0.1) is 5.75 Å².